The van der Waals surface area contributed by atoms with Gasteiger partial charge in [-0.3, -0.25) is 19.6 Å². The molecule has 1 aliphatic rings. The first-order valence-electron chi connectivity index (χ1n) is 9.83. The monoisotopic (exact) mass is 405 g/mol. The zero-order valence-electron chi connectivity index (χ0n) is 17.1. The molecule has 1 aromatic carbocycles. The van der Waals surface area contributed by atoms with Gasteiger partial charge in [0, 0.05) is 0 Å². The van der Waals surface area contributed by atoms with Crippen LogP contribution in [-0.4, -0.2) is 40.2 Å². The third-order valence-electron chi connectivity index (χ3n) is 5.57. The van der Waals surface area contributed by atoms with Crippen molar-refractivity contribution in [1.82, 2.24) is 10.8 Å². The molecule has 6 N–H and O–H groups in total. The molecule has 0 radical (unpaired) electrons. The van der Waals surface area contributed by atoms with Crippen LogP contribution in [0.1, 0.15) is 44.7 Å². The molecular formula is C21H31N3O5. The summed E-state index contributed by atoms with van der Waals surface area (Å²) in [7, 11) is 0. The molecule has 4 atom stereocenters. The number of carbonyl (C=O) groups is 3. The molecule has 8 heteroatoms. The van der Waals surface area contributed by atoms with Gasteiger partial charge in [-0.2, -0.15) is 0 Å². The van der Waals surface area contributed by atoms with Crippen LogP contribution in [0, 0.1) is 17.3 Å². The lowest BCUT2D eigenvalue weighted by Gasteiger charge is -2.33. The number of aliphatic hydroxyl groups excluding tert-OH is 1. The first-order valence-corrected chi connectivity index (χ1v) is 9.83. The number of carbonyl (C=O) groups excluding carboxylic acids is 3. The molecule has 1 aromatic rings. The lowest BCUT2D eigenvalue weighted by Crippen LogP contribution is -2.56. The van der Waals surface area contributed by atoms with E-state index in [0.717, 1.165) is 19.3 Å². The maximum absolute atomic E-state index is 12.9. The Morgan fingerprint density at radius 3 is 2.34 bits per heavy atom. The molecule has 160 valence electrons. The summed E-state index contributed by atoms with van der Waals surface area (Å²) in [5.41, 5.74) is 8.65. The van der Waals surface area contributed by atoms with Gasteiger partial charge in [0.1, 0.15) is 12.1 Å². The molecule has 1 unspecified atom stereocenters. The number of hydrogen-bond acceptors (Lipinski definition) is 5. The number of aliphatic hydroxyl groups is 1. The van der Waals surface area contributed by atoms with Gasteiger partial charge < -0.3 is 16.2 Å². The molecule has 0 saturated carbocycles. The summed E-state index contributed by atoms with van der Waals surface area (Å²) in [6.45, 7) is 5.27. The van der Waals surface area contributed by atoms with Gasteiger partial charge in [-0.15, -0.1) is 0 Å². The standard InChI is InChI=1S/C21H31N3O5/c1-21(2,3)17(18(22)26)23-19(27)15(16(25)20(28)24-29)11-12-8-9-13-6-4-5-7-14(13)10-12/h4-7,12,15-17,25,29H,8-11H2,1-3H3,(H2,22,26)(H,23,27)(H,24,28)/t12-,15?,16+,17-/m1/s1. The maximum atomic E-state index is 12.9. The van der Waals surface area contributed by atoms with Gasteiger partial charge in [0.15, 0.2) is 0 Å². The van der Waals surface area contributed by atoms with Crippen LogP contribution in [0.4, 0.5) is 0 Å². The fourth-order valence-corrected chi connectivity index (χ4v) is 3.93. The minimum absolute atomic E-state index is 0.0726. The van der Waals surface area contributed by atoms with Crippen molar-refractivity contribution in [2.75, 3.05) is 0 Å². The number of hydrogen-bond donors (Lipinski definition) is 5. The summed E-state index contributed by atoms with van der Waals surface area (Å²) in [5, 5.41) is 21.9. The highest BCUT2D eigenvalue weighted by molar-refractivity contribution is 5.92. The second-order valence-corrected chi connectivity index (χ2v) is 8.85. The topological polar surface area (TPSA) is 142 Å². The lowest BCUT2D eigenvalue weighted by atomic mass is 9.77. The summed E-state index contributed by atoms with van der Waals surface area (Å²) in [6, 6.07) is 7.09. The molecule has 1 aliphatic carbocycles. The first-order chi connectivity index (χ1) is 13.5. The summed E-state index contributed by atoms with van der Waals surface area (Å²) in [6.07, 6.45) is 0.887. The number of nitrogens with two attached hydrogens (primary N) is 1. The van der Waals surface area contributed by atoms with E-state index in [0.29, 0.717) is 0 Å². The Morgan fingerprint density at radius 2 is 1.79 bits per heavy atom. The summed E-state index contributed by atoms with van der Waals surface area (Å²) >= 11 is 0. The van der Waals surface area contributed by atoms with Gasteiger partial charge in [0.2, 0.25) is 11.8 Å². The normalized spacial score (nSPS) is 19.4. The minimum Gasteiger partial charge on any atom is -0.382 e. The van der Waals surface area contributed by atoms with Gasteiger partial charge in [-0.25, -0.2) is 5.48 Å². The van der Waals surface area contributed by atoms with Gasteiger partial charge in [-0.1, -0.05) is 45.0 Å². The van der Waals surface area contributed by atoms with Crippen molar-refractivity contribution in [2.24, 2.45) is 23.0 Å². The van der Waals surface area contributed by atoms with Crippen molar-refractivity contribution in [2.45, 2.75) is 58.6 Å². The molecular weight excluding hydrogens is 374 g/mol. The van der Waals surface area contributed by atoms with Gasteiger partial charge in [-0.05, 0) is 48.1 Å². The van der Waals surface area contributed by atoms with Crippen molar-refractivity contribution < 1.29 is 24.7 Å². The molecule has 0 heterocycles. The third kappa shape index (κ3) is 5.77. The predicted molar refractivity (Wildman–Crippen MR) is 107 cm³/mol. The molecule has 3 amide bonds. The van der Waals surface area contributed by atoms with E-state index in [1.807, 2.05) is 18.2 Å². The smallest absolute Gasteiger partial charge is 0.272 e. The summed E-state index contributed by atoms with van der Waals surface area (Å²) in [4.78, 5) is 36.6. The number of primary amides is 1. The van der Waals surface area contributed by atoms with Crippen LogP contribution >= 0.6 is 0 Å². The molecule has 0 aromatic heterocycles. The van der Waals surface area contributed by atoms with E-state index >= 15 is 0 Å². The number of fused-ring (bicyclic) bond motifs is 1. The Bertz CT molecular complexity index is 759. The van der Waals surface area contributed by atoms with Crippen LogP contribution in [0.3, 0.4) is 0 Å². The van der Waals surface area contributed by atoms with Crippen molar-refractivity contribution in [3.05, 3.63) is 35.4 Å². The highest BCUT2D eigenvalue weighted by atomic mass is 16.5. The number of benzene rings is 1. The minimum atomic E-state index is -1.74. The van der Waals surface area contributed by atoms with Crippen LogP contribution < -0.4 is 16.5 Å². The van der Waals surface area contributed by atoms with Crippen molar-refractivity contribution in [1.29, 1.82) is 0 Å². The first kappa shape index (κ1) is 22.8. The Kier molecular flexibility index (Phi) is 7.37. The maximum Gasteiger partial charge on any atom is 0.272 e. The summed E-state index contributed by atoms with van der Waals surface area (Å²) < 4.78 is 0. The highest BCUT2D eigenvalue weighted by Gasteiger charge is 2.38. The SMILES string of the molecule is CC(C)(C)[C@H](NC(=O)C(C[C@@H]1CCc2ccccc2C1)[C@H](O)C(=O)NO)C(N)=O. The van der Waals surface area contributed by atoms with E-state index in [2.05, 4.69) is 11.4 Å². The molecule has 0 spiro atoms. The van der Waals surface area contributed by atoms with E-state index in [-0.39, 0.29) is 12.3 Å². The number of aryl methyl sites for hydroxylation is 1. The van der Waals surface area contributed by atoms with E-state index in [1.165, 1.54) is 16.6 Å². The highest BCUT2D eigenvalue weighted by Crippen LogP contribution is 2.31. The predicted octanol–water partition coefficient (Wildman–Crippen LogP) is 0.680. The molecule has 29 heavy (non-hydrogen) atoms. The largest absolute Gasteiger partial charge is 0.382 e. The third-order valence-corrected chi connectivity index (χ3v) is 5.57. The molecule has 0 bridgehead atoms. The quantitative estimate of drug-likeness (QED) is 0.335. The van der Waals surface area contributed by atoms with E-state index < -0.39 is 41.2 Å². The average molecular weight is 405 g/mol. The molecule has 0 saturated heterocycles. The Balaban J connectivity index is 2.20. The van der Waals surface area contributed by atoms with Crippen molar-refractivity contribution in [3.63, 3.8) is 0 Å². The lowest BCUT2D eigenvalue weighted by molar-refractivity contribution is -0.147. The number of hydroxylamine groups is 1. The Morgan fingerprint density at radius 1 is 1.17 bits per heavy atom. The second-order valence-electron chi connectivity index (χ2n) is 8.85. The molecule has 0 fully saturated rings. The van der Waals surface area contributed by atoms with Crippen LogP contribution in [-0.2, 0) is 27.2 Å². The summed E-state index contributed by atoms with van der Waals surface area (Å²) in [5.74, 6) is -3.45. The number of nitrogens with one attached hydrogen (secondary N) is 2. The van der Waals surface area contributed by atoms with Crippen LogP contribution in [0.5, 0.6) is 0 Å². The average Bonchev–Trinajstić information content (AvgIpc) is 2.67. The zero-order valence-corrected chi connectivity index (χ0v) is 17.1. The van der Waals surface area contributed by atoms with E-state index in [1.54, 1.807) is 20.8 Å². The number of rotatable bonds is 7. The molecule has 8 nitrogen and oxygen atoms in total. The second kappa shape index (κ2) is 9.37. The van der Waals surface area contributed by atoms with Gasteiger partial charge in [0.05, 0.1) is 5.92 Å². The van der Waals surface area contributed by atoms with Crippen LogP contribution in [0.15, 0.2) is 24.3 Å². The molecule has 0 aliphatic heterocycles. The van der Waals surface area contributed by atoms with Crippen LogP contribution in [0.25, 0.3) is 0 Å². The number of amides is 3. The fraction of sp³-hybridized carbons (Fsp3) is 0.571. The van der Waals surface area contributed by atoms with E-state index in [4.69, 9.17) is 10.9 Å². The van der Waals surface area contributed by atoms with Crippen LogP contribution in [0.2, 0.25) is 0 Å². The van der Waals surface area contributed by atoms with Gasteiger partial charge >= 0.3 is 0 Å². The Labute approximate surface area is 170 Å². The van der Waals surface area contributed by atoms with E-state index in [9.17, 15) is 19.5 Å². The fourth-order valence-electron chi connectivity index (χ4n) is 3.93. The van der Waals surface area contributed by atoms with Crippen molar-refractivity contribution in [3.8, 4) is 0 Å². The Hall–Kier alpha value is -2.45. The van der Waals surface area contributed by atoms with Crippen molar-refractivity contribution >= 4 is 17.7 Å². The molecule has 2 rings (SSSR count). The van der Waals surface area contributed by atoms with Gasteiger partial charge in [0.25, 0.3) is 5.91 Å². The zero-order chi connectivity index (χ0) is 21.8.